The van der Waals surface area contributed by atoms with Crippen LogP contribution in [0.4, 0.5) is 21.6 Å². The summed E-state index contributed by atoms with van der Waals surface area (Å²) in [4.78, 5) is 67.7. The van der Waals surface area contributed by atoms with Gasteiger partial charge in [-0.1, -0.05) is 45.4 Å². The first-order chi connectivity index (χ1) is 29.1. The molecule has 3 atom stereocenters. The molecule has 2 aromatic carbocycles. The van der Waals surface area contributed by atoms with Crippen molar-refractivity contribution in [2.24, 2.45) is 16.7 Å². The number of nitrogens with one attached hydrogen (secondary N) is 2. The largest absolute Gasteiger partial charge is 0.489 e. The molecule has 5 saturated heterocycles. The van der Waals surface area contributed by atoms with Crippen LogP contribution >= 0.6 is 11.6 Å². The molecule has 13 nitrogen and oxygen atoms in total. The number of carbonyl (C=O) groups excluding carboxylic acids is 4. The van der Waals surface area contributed by atoms with Crippen LogP contribution in [0.25, 0.3) is 4.85 Å². The van der Waals surface area contributed by atoms with Crippen LogP contribution in [0.5, 0.6) is 5.75 Å². The van der Waals surface area contributed by atoms with Crippen LogP contribution in [0.2, 0.25) is 5.02 Å². The van der Waals surface area contributed by atoms with Crippen molar-refractivity contribution in [3.63, 3.8) is 0 Å². The Bertz CT molecular complexity index is 2310. The van der Waals surface area contributed by atoms with Gasteiger partial charge in [-0.25, -0.2) is 14.2 Å². The van der Waals surface area contributed by atoms with Crippen molar-refractivity contribution in [1.82, 2.24) is 25.4 Å². The van der Waals surface area contributed by atoms with Crippen LogP contribution in [-0.4, -0.2) is 101 Å². The Morgan fingerprint density at radius 1 is 0.984 bits per heavy atom. The average Bonchev–Trinajstić information content (AvgIpc) is 3.55. The molecule has 1 saturated carbocycles. The number of imide groups is 1. The summed E-state index contributed by atoms with van der Waals surface area (Å²) < 4.78 is 22.2. The first kappa shape index (κ1) is 41.1. The first-order valence-electron chi connectivity index (χ1n) is 21.5. The van der Waals surface area contributed by atoms with E-state index in [2.05, 4.69) is 57.9 Å². The minimum Gasteiger partial charge on any atom is -0.489 e. The third-order valence-electron chi connectivity index (χ3n) is 14.4. The maximum atomic E-state index is 15.8. The summed E-state index contributed by atoms with van der Waals surface area (Å²) >= 11 is 6.27. The van der Waals surface area contributed by atoms with Gasteiger partial charge in [-0.05, 0) is 80.0 Å². The van der Waals surface area contributed by atoms with Crippen molar-refractivity contribution in [3.05, 3.63) is 87.6 Å². The number of pyridine rings is 1. The van der Waals surface area contributed by atoms with Crippen molar-refractivity contribution in [1.29, 1.82) is 0 Å². The number of rotatable bonds is 9. The summed E-state index contributed by atoms with van der Waals surface area (Å²) in [7, 11) is 0. The predicted octanol–water partition coefficient (Wildman–Crippen LogP) is 6.37. The number of hydrogen-bond donors (Lipinski definition) is 2. The van der Waals surface area contributed by atoms with E-state index >= 15 is 4.39 Å². The zero-order valence-corrected chi connectivity index (χ0v) is 35.8. The number of amides is 4. The molecule has 3 aromatic rings. The van der Waals surface area contributed by atoms with Crippen LogP contribution in [-0.2, 0) is 16.1 Å². The quantitative estimate of drug-likeness (QED) is 0.186. The van der Waals surface area contributed by atoms with Crippen LogP contribution < -0.4 is 25.2 Å². The molecule has 7 aliphatic rings. The summed E-state index contributed by atoms with van der Waals surface area (Å²) in [5.74, 6) is 0.232. The highest BCUT2D eigenvalue weighted by atomic mass is 35.5. The number of carbonyl (C=O) groups is 4. The fraction of sp³-hybridized carbons (Fsp3) is 0.522. The zero-order chi connectivity index (χ0) is 43.0. The van der Waals surface area contributed by atoms with Crippen molar-refractivity contribution >= 4 is 52.4 Å². The molecule has 1 aromatic heterocycles. The number of fused-ring (bicyclic) bond motifs is 4. The van der Waals surface area contributed by atoms with Gasteiger partial charge in [-0.3, -0.25) is 29.4 Å². The van der Waals surface area contributed by atoms with E-state index in [0.29, 0.717) is 45.2 Å². The number of hydrogen-bond acceptors (Lipinski definition) is 9. The number of piperidine rings is 4. The molecule has 61 heavy (non-hydrogen) atoms. The van der Waals surface area contributed by atoms with Gasteiger partial charge in [0.25, 0.3) is 11.8 Å². The lowest BCUT2D eigenvalue weighted by Crippen LogP contribution is -2.74. The van der Waals surface area contributed by atoms with E-state index in [9.17, 15) is 19.2 Å². The Morgan fingerprint density at radius 2 is 1.74 bits per heavy atom. The van der Waals surface area contributed by atoms with E-state index in [1.54, 1.807) is 24.4 Å². The molecule has 3 unspecified atom stereocenters. The number of benzene rings is 2. The Hall–Kier alpha value is -5.26. The third-order valence-corrected chi connectivity index (χ3v) is 14.7. The van der Waals surface area contributed by atoms with E-state index in [-0.39, 0.29) is 66.1 Å². The number of anilines is 2. The molecule has 15 heteroatoms. The lowest BCUT2D eigenvalue weighted by atomic mass is 9.49. The molecule has 10 rings (SSSR count). The summed E-state index contributed by atoms with van der Waals surface area (Å²) in [6.45, 7) is 20.2. The zero-order valence-electron chi connectivity index (χ0n) is 35.0. The maximum absolute atomic E-state index is 15.8. The molecule has 0 spiro atoms. The highest BCUT2D eigenvalue weighted by molar-refractivity contribution is 6.33. The third kappa shape index (κ3) is 7.37. The lowest BCUT2D eigenvalue weighted by Gasteiger charge is -2.63. The highest BCUT2D eigenvalue weighted by Gasteiger charge is 2.64. The van der Waals surface area contributed by atoms with Crippen LogP contribution in [0.1, 0.15) is 92.5 Å². The van der Waals surface area contributed by atoms with Crippen LogP contribution in [0.15, 0.2) is 48.7 Å². The summed E-state index contributed by atoms with van der Waals surface area (Å²) in [5, 5.41) is 5.93. The summed E-state index contributed by atoms with van der Waals surface area (Å²) in [6, 6.07) is 11.6. The van der Waals surface area contributed by atoms with E-state index in [4.69, 9.17) is 27.9 Å². The molecule has 4 amide bonds. The minimum atomic E-state index is -0.731. The molecular weight excluding hydrogens is 799 g/mol. The van der Waals surface area contributed by atoms with E-state index in [0.717, 1.165) is 69.8 Å². The molecule has 0 radical (unpaired) electrons. The SMILES string of the molecule is [C-]#[N+]c1ccc(OC2C(C)(C)C(NC(=O)c3ccc(N4CCC(CN5CC6CCC5CN6c5cc6c(cc5F)C(=O)N(C5CCC(=O)NC5=O)C6)CC4)nc3)C2(C)C)cc1Cl. The standard InChI is InChI=1S/C46H52ClFN8O5/c1-45(2)43(46(3,4)44(45)61-31-9-10-35(49-5)33(47)19-31)52-40(58)27-6-12-38(50-21-27)53-16-14-26(15-17-53)22-54-24-30-8-7-29(54)25-55(30)37-18-28-23-56(42(60)32(28)20-34(37)48)36-11-13-39(57)51-41(36)59/h6,9-10,12,18-21,26,29-30,36,43-44H,7-8,11,13-17,22-25H2,1-4H3,(H,52,58)(H,51,57,59). The number of halogens is 2. The van der Waals surface area contributed by atoms with Gasteiger partial charge in [0.15, 0.2) is 0 Å². The van der Waals surface area contributed by atoms with Gasteiger partial charge in [-0.2, -0.15) is 0 Å². The Labute approximate surface area is 360 Å². The molecule has 6 fully saturated rings. The number of piperazine rings is 1. The van der Waals surface area contributed by atoms with Gasteiger partial charge in [-0.15, -0.1) is 0 Å². The van der Waals surface area contributed by atoms with Gasteiger partial charge in [0.2, 0.25) is 17.5 Å². The Kier molecular flexibility index (Phi) is 10.5. The molecule has 320 valence electrons. The fourth-order valence-corrected chi connectivity index (χ4v) is 11.6. The molecule has 2 bridgehead atoms. The second-order valence-electron chi connectivity index (χ2n) is 19.0. The van der Waals surface area contributed by atoms with Crippen molar-refractivity contribution in [2.45, 2.75) is 103 Å². The van der Waals surface area contributed by atoms with Gasteiger partial charge in [0.1, 0.15) is 29.5 Å². The molecule has 1 aliphatic carbocycles. The lowest BCUT2D eigenvalue weighted by molar-refractivity contribution is -0.164. The van der Waals surface area contributed by atoms with Crippen molar-refractivity contribution < 1.29 is 28.3 Å². The second kappa shape index (κ2) is 15.6. The first-order valence-corrected chi connectivity index (χ1v) is 21.8. The monoisotopic (exact) mass is 850 g/mol. The predicted molar refractivity (Wildman–Crippen MR) is 228 cm³/mol. The highest BCUT2D eigenvalue weighted by Crippen LogP contribution is 2.56. The molecule has 6 aliphatic heterocycles. The van der Waals surface area contributed by atoms with Gasteiger partial charge < -0.3 is 24.8 Å². The van der Waals surface area contributed by atoms with Crippen LogP contribution in [0.3, 0.4) is 0 Å². The summed E-state index contributed by atoms with van der Waals surface area (Å²) in [5.41, 5.74) is 1.68. The van der Waals surface area contributed by atoms with Crippen LogP contribution in [0, 0.1) is 29.1 Å². The smallest absolute Gasteiger partial charge is 0.255 e. The number of nitrogens with zero attached hydrogens (tertiary/aromatic N) is 6. The average molecular weight is 851 g/mol. The number of ether oxygens (including phenoxy) is 1. The number of aromatic nitrogens is 1. The van der Waals surface area contributed by atoms with E-state index in [1.165, 1.54) is 11.0 Å². The van der Waals surface area contributed by atoms with Gasteiger partial charge in [0, 0.05) is 86.4 Å². The summed E-state index contributed by atoms with van der Waals surface area (Å²) in [6.07, 6.45) is 6.03. The molecule has 7 heterocycles. The minimum absolute atomic E-state index is 0.153. The van der Waals surface area contributed by atoms with E-state index in [1.807, 2.05) is 18.2 Å². The van der Waals surface area contributed by atoms with Crippen molar-refractivity contribution in [2.75, 3.05) is 42.5 Å². The van der Waals surface area contributed by atoms with Gasteiger partial charge >= 0.3 is 0 Å². The topological polar surface area (TPSA) is 132 Å². The normalized spacial score (nSPS) is 27.0. The Morgan fingerprint density at radius 3 is 2.39 bits per heavy atom. The Balaban J connectivity index is 0.759. The van der Waals surface area contributed by atoms with E-state index < -0.39 is 17.8 Å². The van der Waals surface area contributed by atoms with Crippen molar-refractivity contribution in [3.8, 4) is 5.75 Å². The molecule has 2 N–H and O–H groups in total. The molecular formula is C46H52ClFN8O5. The maximum Gasteiger partial charge on any atom is 0.255 e. The fourth-order valence-electron chi connectivity index (χ4n) is 11.4. The second-order valence-corrected chi connectivity index (χ2v) is 19.4. The van der Waals surface area contributed by atoms with Gasteiger partial charge in [0.05, 0.1) is 22.8 Å².